The zero-order valence-electron chi connectivity index (χ0n) is 11.9. The maximum absolute atomic E-state index is 13.7. The minimum absolute atomic E-state index is 0.0910. The summed E-state index contributed by atoms with van der Waals surface area (Å²) in [6, 6.07) is 7.06. The largest absolute Gasteiger partial charge is 0.489 e. The third-order valence-electron chi connectivity index (χ3n) is 3.37. The Morgan fingerprint density at radius 2 is 1.58 bits per heavy atom. The summed E-state index contributed by atoms with van der Waals surface area (Å²) in [6.45, 7) is -0.783. The number of hydrogen-bond acceptors (Lipinski definition) is 4. The number of nitrogens with two attached hydrogens (primary N) is 1. The van der Waals surface area contributed by atoms with Gasteiger partial charge in [-0.15, -0.1) is 0 Å². The van der Waals surface area contributed by atoms with Gasteiger partial charge >= 0.3 is 5.63 Å². The Kier molecular flexibility index (Phi) is 3.88. The van der Waals surface area contributed by atoms with Crippen molar-refractivity contribution >= 4 is 16.7 Å². The fraction of sp³-hybridized carbons (Fsp3) is 0.0625. The van der Waals surface area contributed by atoms with Crippen LogP contribution in [0.25, 0.3) is 11.0 Å². The maximum Gasteiger partial charge on any atom is 0.336 e. The van der Waals surface area contributed by atoms with Gasteiger partial charge in [0, 0.05) is 17.5 Å². The summed E-state index contributed by atoms with van der Waals surface area (Å²) >= 11 is 0. The van der Waals surface area contributed by atoms with E-state index in [1.807, 2.05) is 0 Å². The van der Waals surface area contributed by atoms with Crippen LogP contribution in [0, 0.1) is 23.3 Å². The van der Waals surface area contributed by atoms with Crippen LogP contribution >= 0.6 is 0 Å². The molecule has 4 nitrogen and oxygen atoms in total. The molecule has 0 aliphatic heterocycles. The van der Waals surface area contributed by atoms with E-state index >= 15 is 0 Å². The molecule has 24 heavy (non-hydrogen) atoms. The highest BCUT2D eigenvalue weighted by Gasteiger charge is 2.24. The second-order valence-electron chi connectivity index (χ2n) is 4.89. The molecule has 0 aliphatic carbocycles. The molecule has 2 N–H and O–H groups in total. The molecule has 0 amide bonds. The van der Waals surface area contributed by atoms with E-state index in [-0.39, 0.29) is 11.3 Å². The monoisotopic (exact) mass is 339 g/mol. The molecule has 3 rings (SSSR count). The lowest BCUT2D eigenvalue weighted by molar-refractivity contribution is 0.286. The van der Waals surface area contributed by atoms with Crippen molar-refractivity contribution < 1.29 is 26.7 Å². The van der Waals surface area contributed by atoms with Crippen molar-refractivity contribution in [2.24, 2.45) is 0 Å². The van der Waals surface area contributed by atoms with E-state index in [2.05, 4.69) is 0 Å². The summed E-state index contributed by atoms with van der Waals surface area (Å²) in [6.07, 6.45) is 0. The van der Waals surface area contributed by atoms with Gasteiger partial charge in [-0.3, -0.25) is 0 Å². The maximum atomic E-state index is 13.7. The van der Waals surface area contributed by atoms with Crippen LogP contribution in [0.4, 0.5) is 23.2 Å². The number of anilines is 1. The Bertz CT molecular complexity index is 972. The fourth-order valence-corrected chi connectivity index (χ4v) is 2.11. The predicted molar refractivity (Wildman–Crippen MR) is 77.5 cm³/mol. The first-order chi connectivity index (χ1) is 11.4. The summed E-state index contributed by atoms with van der Waals surface area (Å²) in [5.74, 6) is -6.53. The van der Waals surface area contributed by atoms with E-state index in [9.17, 15) is 22.4 Å². The molecule has 3 aromatic rings. The Morgan fingerprint density at radius 3 is 2.25 bits per heavy atom. The highest BCUT2D eigenvalue weighted by molar-refractivity contribution is 5.77. The molecular formula is C16H9F4NO3. The molecule has 0 bridgehead atoms. The van der Waals surface area contributed by atoms with E-state index in [4.69, 9.17) is 14.9 Å². The SMILES string of the molecule is Nc1c(F)c(F)c(COc2ccc3ccc(=O)oc3c2)c(F)c1F. The molecule has 0 unspecified atom stereocenters. The van der Waals surface area contributed by atoms with Crippen LogP contribution in [0.3, 0.4) is 0 Å². The van der Waals surface area contributed by atoms with Crippen LogP contribution in [0.2, 0.25) is 0 Å². The number of rotatable bonds is 3. The number of fused-ring (bicyclic) bond motifs is 1. The molecule has 1 aromatic heterocycles. The standard InChI is InChI=1S/C16H9F4NO3/c17-12-9(13(18)15(20)16(21)14(12)19)6-23-8-3-1-7-2-4-11(22)24-10(7)5-8/h1-5H,6,21H2. The third-order valence-corrected chi connectivity index (χ3v) is 3.37. The lowest BCUT2D eigenvalue weighted by Gasteiger charge is -2.11. The van der Waals surface area contributed by atoms with Gasteiger partial charge in [0.1, 0.15) is 23.6 Å². The number of halogens is 4. The minimum Gasteiger partial charge on any atom is -0.489 e. The number of benzene rings is 2. The van der Waals surface area contributed by atoms with Crippen molar-refractivity contribution in [3.63, 3.8) is 0 Å². The highest BCUT2D eigenvalue weighted by Crippen LogP contribution is 2.27. The lowest BCUT2D eigenvalue weighted by atomic mass is 10.1. The Hall–Kier alpha value is -3.03. The van der Waals surface area contributed by atoms with Crippen molar-refractivity contribution in [3.8, 4) is 5.75 Å². The van der Waals surface area contributed by atoms with Gasteiger partial charge in [-0.2, -0.15) is 0 Å². The molecule has 124 valence electrons. The first-order valence-electron chi connectivity index (χ1n) is 6.65. The molecular weight excluding hydrogens is 330 g/mol. The van der Waals surface area contributed by atoms with Gasteiger partial charge in [-0.1, -0.05) is 0 Å². The van der Waals surface area contributed by atoms with Gasteiger partial charge < -0.3 is 14.9 Å². The average molecular weight is 339 g/mol. The van der Waals surface area contributed by atoms with Gasteiger partial charge in [0.25, 0.3) is 0 Å². The van der Waals surface area contributed by atoms with Crippen LogP contribution < -0.4 is 16.1 Å². The average Bonchev–Trinajstić information content (AvgIpc) is 2.58. The number of hydrogen-bond donors (Lipinski definition) is 1. The van der Waals surface area contributed by atoms with Crippen molar-refractivity contribution in [1.29, 1.82) is 0 Å². The summed E-state index contributed by atoms with van der Waals surface area (Å²) in [7, 11) is 0. The Morgan fingerprint density at radius 1 is 0.958 bits per heavy atom. The first kappa shape index (κ1) is 15.9. The predicted octanol–water partition coefficient (Wildman–Crippen LogP) is 3.51. The van der Waals surface area contributed by atoms with Crippen molar-refractivity contribution in [3.05, 3.63) is 69.6 Å². The molecule has 0 spiro atoms. The van der Waals surface area contributed by atoms with E-state index in [0.717, 1.165) is 0 Å². The molecule has 0 saturated carbocycles. The smallest absolute Gasteiger partial charge is 0.336 e. The van der Waals surface area contributed by atoms with Crippen LogP contribution in [0.1, 0.15) is 5.56 Å². The van der Waals surface area contributed by atoms with Gasteiger partial charge in [0.05, 0.1) is 5.56 Å². The molecule has 2 aromatic carbocycles. The lowest BCUT2D eigenvalue weighted by Crippen LogP contribution is -2.10. The Labute approximate surface area is 132 Å². The topological polar surface area (TPSA) is 65.5 Å². The van der Waals surface area contributed by atoms with Crippen molar-refractivity contribution in [1.82, 2.24) is 0 Å². The molecule has 0 saturated heterocycles. The van der Waals surface area contributed by atoms with E-state index in [1.165, 1.54) is 24.3 Å². The molecule has 1 heterocycles. The first-order valence-corrected chi connectivity index (χ1v) is 6.65. The highest BCUT2D eigenvalue weighted by atomic mass is 19.2. The van der Waals surface area contributed by atoms with Crippen molar-refractivity contribution in [2.45, 2.75) is 6.61 Å². The summed E-state index contributed by atoms with van der Waals surface area (Å²) in [5.41, 5.74) is 2.36. The number of ether oxygens (including phenoxy) is 1. The molecule has 0 aliphatic rings. The quantitative estimate of drug-likeness (QED) is 0.343. The van der Waals surface area contributed by atoms with Gasteiger partial charge in [0.2, 0.25) is 0 Å². The van der Waals surface area contributed by atoms with Gasteiger partial charge in [0.15, 0.2) is 23.3 Å². The van der Waals surface area contributed by atoms with Gasteiger partial charge in [-0.25, -0.2) is 22.4 Å². The van der Waals surface area contributed by atoms with Crippen LogP contribution in [0.15, 0.2) is 39.5 Å². The van der Waals surface area contributed by atoms with Gasteiger partial charge in [-0.05, 0) is 18.2 Å². The normalized spacial score (nSPS) is 11.0. The second kappa shape index (κ2) is 5.88. The van der Waals surface area contributed by atoms with Crippen LogP contribution in [-0.4, -0.2) is 0 Å². The van der Waals surface area contributed by atoms with E-state index in [0.29, 0.717) is 5.39 Å². The minimum atomic E-state index is -1.68. The molecule has 0 atom stereocenters. The second-order valence-corrected chi connectivity index (χ2v) is 4.89. The molecule has 8 heteroatoms. The summed E-state index contributed by atoms with van der Waals surface area (Å²) in [4.78, 5) is 11.2. The zero-order valence-corrected chi connectivity index (χ0v) is 11.9. The molecule has 0 fully saturated rings. The van der Waals surface area contributed by atoms with Crippen molar-refractivity contribution in [2.75, 3.05) is 5.73 Å². The Balaban J connectivity index is 1.93. The summed E-state index contributed by atoms with van der Waals surface area (Å²) < 4.78 is 64.3. The van der Waals surface area contributed by atoms with E-state index in [1.54, 1.807) is 6.07 Å². The number of nitrogen functional groups attached to an aromatic ring is 1. The molecule has 0 radical (unpaired) electrons. The zero-order chi connectivity index (χ0) is 17.4. The van der Waals surface area contributed by atoms with Crippen LogP contribution in [-0.2, 0) is 6.61 Å². The third kappa shape index (κ3) is 2.66. The summed E-state index contributed by atoms with van der Waals surface area (Å²) in [5, 5.41) is 0.601. The van der Waals surface area contributed by atoms with Crippen LogP contribution in [0.5, 0.6) is 5.75 Å². The van der Waals surface area contributed by atoms with E-state index < -0.39 is 46.8 Å². The fourth-order valence-electron chi connectivity index (χ4n) is 2.11.